The maximum absolute atomic E-state index is 12.0. The summed E-state index contributed by atoms with van der Waals surface area (Å²) in [6.07, 6.45) is 4.86. The number of likely N-dealkylation sites (tertiary alicyclic amines) is 2. The van der Waals surface area contributed by atoms with Crippen LogP contribution in [0.3, 0.4) is 0 Å². The fraction of sp³-hybridized carbons (Fsp3) is 0.706. The van der Waals surface area contributed by atoms with Crippen LogP contribution >= 0.6 is 0 Å². The summed E-state index contributed by atoms with van der Waals surface area (Å²) in [6, 6.07) is 9.18. The summed E-state index contributed by atoms with van der Waals surface area (Å²) < 4.78 is 10.6. The van der Waals surface area contributed by atoms with Crippen molar-refractivity contribution < 1.29 is 44.6 Å². The molecular weight excluding hydrogens is 578 g/mol. The molecule has 4 aliphatic rings. The lowest BCUT2D eigenvalue weighted by Crippen LogP contribution is -2.51. The number of hydrogen-bond donors (Lipinski definition) is 2. The molecule has 5 rings (SSSR count). The van der Waals surface area contributed by atoms with Gasteiger partial charge in [0, 0.05) is 18.7 Å². The molecule has 2 heterocycles. The van der Waals surface area contributed by atoms with E-state index < -0.39 is 47.4 Å². The number of carbonyl (C=O) groups is 4. The second kappa shape index (κ2) is 14.8. The minimum atomic E-state index is -1.16. The number of fused-ring (bicyclic) bond motifs is 2. The smallest absolute Gasteiger partial charge is 0.411 e. The van der Waals surface area contributed by atoms with Crippen LogP contribution < -0.4 is 10.8 Å². The normalized spacial score (nSPS) is 27.6. The van der Waals surface area contributed by atoms with Crippen LogP contribution in [0.2, 0.25) is 0 Å². The molecule has 2 aliphatic heterocycles. The first-order chi connectivity index (χ1) is 20.9. The van der Waals surface area contributed by atoms with Crippen molar-refractivity contribution in [1.29, 1.82) is 0 Å². The van der Waals surface area contributed by atoms with Crippen LogP contribution in [0.4, 0.5) is 9.59 Å². The van der Waals surface area contributed by atoms with Gasteiger partial charge in [-0.05, 0) is 97.8 Å². The monoisotopic (exact) mass is 631 g/mol. The van der Waals surface area contributed by atoms with E-state index in [1.54, 1.807) is 41.5 Å². The summed E-state index contributed by atoms with van der Waals surface area (Å²) in [5, 5.41) is 20.6. The van der Waals surface area contributed by atoms with Crippen LogP contribution in [0.1, 0.15) is 98.6 Å². The Bertz CT molecular complexity index is 1110. The topological polar surface area (TPSA) is 164 Å². The average molecular weight is 632 g/mol. The van der Waals surface area contributed by atoms with Gasteiger partial charge >= 0.3 is 18.2 Å². The SMILES string of the molecule is CC(C)(C)OC(=O)N1C[C@@H]2CCC[C@@H]2[C@H]1C(=O)O.CC(C)(C)OC(=O)N1C[C@@H]2CCC[C@@H]2[C@H]1C(=O)[O-].C[C@@H]([NH3+])c1ccccc1. The number of rotatable bonds is 3. The van der Waals surface area contributed by atoms with Gasteiger partial charge in [-0.1, -0.05) is 43.2 Å². The van der Waals surface area contributed by atoms with Gasteiger partial charge in [0.05, 0.1) is 12.0 Å². The van der Waals surface area contributed by atoms with E-state index in [4.69, 9.17) is 9.47 Å². The minimum absolute atomic E-state index is 0.0440. The van der Waals surface area contributed by atoms with Gasteiger partial charge in [0.2, 0.25) is 0 Å². The zero-order valence-electron chi connectivity index (χ0n) is 28.0. The Hall–Kier alpha value is -3.34. The summed E-state index contributed by atoms with van der Waals surface area (Å²) in [6.45, 7) is 13.8. The van der Waals surface area contributed by atoms with Crippen molar-refractivity contribution in [2.24, 2.45) is 23.7 Å². The van der Waals surface area contributed by atoms with Crippen molar-refractivity contribution in [2.45, 2.75) is 116 Å². The van der Waals surface area contributed by atoms with Gasteiger partial charge in [0.25, 0.3) is 0 Å². The van der Waals surface area contributed by atoms with Gasteiger partial charge in [-0.15, -0.1) is 0 Å². The van der Waals surface area contributed by atoms with Crippen LogP contribution in [0.25, 0.3) is 0 Å². The van der Waals surface area contributed by atoms with Crippen molar-refractivity contribution in [3.8, 4) is 0 Å². The second-order valence-corrected chi connectivity index (χ2v) is 14.8. The number of benzene rings is 1. The van der Waals surface area contributed by atoms with E-state index in [1.807, 2.05) is 18.2 Å². The maximum atomic E-state index is 12.0. The van der Waals surface area contributed by atoms with Gasteiger partial charge in [-0.25, -0.2) is 14.4 Å². The predicted octanol–water partition coefficient (Wildman–Crippen LogP) is 3.87. The molecule has 7 atom stereocenters. The summed E-state index contributed by atoms with van der Waals surface area (Å²) in [4.78, 5) is 49.5. The molecule has 1 aromatic rings. The summed E-state index contributed by atoms with van der Waals surface area (Å²) >= 11 is 0. The zero-order valence-corrected chi connectivity index (χ0v) is 28.0. The standard InChI is InChI=1S/2C13H21NO4.C8H11N/c2*1-13(2,3)18-12(17)14-7-8-5-4-6-9(8)10(14)11(15)16;1-7(9)8-5-3-2-4-6-8/h2*8-10H,4-7H2,1-3H3,(H,15,16);2-7H,9H2,1H3/t2*8-,9-,10-;7-/m001/s1. The first kappa shape index (κ1) is 36.1. The molecule has 2 saturated heterocycles. The van der Waals surface area contributed by atoms with E-state index in [2.05, 4.69) is 24.8 Å². The number of ether oxygens (including phenoxy) is 2. The lowest BCUT2D eigenvalue weighted by atomic mass is 9.94. The Balaban J connectivity index is 0.000000195. The van der Waals surface area contributed by atoms with Crippen LogP contribution in [0.5, 0.6) is 0 Å². The molecule has 2 saturated carbocycles. The second-order valence-electron chi connectivity index (χ2n) is 14.8. The first-order valence-corrected chi connectivity index (χ1v) is 16.2. The van der Waals surface area contributed by atoms with E-state index in [0.29, 0.717) is 31.0 Å². The van der Waals surface area contributed by atoms with Crippen molar-refractivity contribution in [2.75, 3.05) is 13.1 Å². The van der Waals surface area contributed by atoms with Gasteiger partial charge < -0.3 is 30.2 Å². The molecule has 252 valence electrons. The average Bonchev–Trinajstić information content (AvgIpc) is 3.68. The first-order valence-electron chi connectivity index (χ1n) is 16.2. The number of amides is 2. The van der Waals surface area contributed by atoms with Gasteiger partial charge in [-0.2, -0.15) is 0 Å². The minimum Gasteiger partial charge on any atom is -0.548 e. The number of quaternary nitrogens is 1. The summed E-state index contributed by atoms with van der Waals surface area (Å²) in [5.74, 6) is -1.29. The van der Waals surface area contributed by atoms with Crippen molar-refractivity contribution in [3.05, 3.63) is 35.9 Å². The fourth-order valence-corrected chi connectivity index (χ4v) is 7.03. The molecule has 2 amide bonds. The summed E-state index contributed by atoms with van der Waals surface area (Å²) in [5.41, 5.74) is 4.02. The number of nitrogens with zero attached hydrogens (tertiary/aromatic N) is 2. The van der Waals surface area contributed by atoms with Gasteiger partial charge in [0.15, 0.2) is 0 Å². The highest BCUT2D eigenvalue weighted by molar-refractivity contribution is 5.81. The highest BCUT2D eigenvalue weighted by atomic mass is 16.6. The third-order valence-electron chi connectivity index (χ3n) is 8.90. The molecule has 0 unspecified atom stereocenters. The maximum Gasteiger partial charge on any atom is 0.411 e. The van der Waals surface area contributed by atoms with Crippen LogP contribution in [0.15, 0.2) is 30.3 Å². The van der Waals surface area contributed by atoms with Gasteiger partial charge in [0.1, 0.15) is 23.3 Å². The molecule has 0 aromatic heterocycles. The number of hydrogen-bond acceptors (Lipinski definition) is 7. The summed E-state index contributed by atoms with van der Waals surface area (Å²) in [7, 11) is 0. The van der Waals surface area contributed by atoms with Crippen LogP contribution in [0, 0.1) is 23.7 Å². The van der Waals surface area contributed by atoms with Gasteiger partial charge in [-0.3, -0.25) is 9.80 Å². The number of carboxylic acid groups (broad SMARTS) is 2. The Morgan fingerprint density at radius 3 is 1.58 bits per heavy atom. The van der Waals surface area contributed by atoms with E-state index in [9.17, 15) is 29.4 Å². The largest absolute Gasteiger partial charge is 0.548 e. The number of carboxylic acids is 2. The third-order valence-corrected chi connectivity index (χ3v) is 8.90. The molecule has 4 fully saturated rings. The Morgan fingerprint density at radius 2 is 1.22 bits per heavy atom. The van der Waals surface area contributed by atoms with Crippen LogP contribution in [-0.4, -0.2) is 75.4 Å². The van der Waals surface area contributed by atoms with Crippen LogP contribution in [-0.2, 0) is 19.1 Å². The Labute approximate surface area is 267 Å². The molecular formula is C34H53N3O8. The number of carbonyl (C=O) groups excluding carboxylic acids is 3. The van der Waals surface area contributed by atoms with E-state index in [1.165, 1.54) is 15.4 Å². The molecule has 0 spiro atoms. The third kappa shape index (κ3) is 9.82. The lowest BCUT2D eigenvalue weighted by Gasteiger charge is -2.31. The lowest BCUT2D eigenvalue weighted by molar-refractivity contribution is -0.420. The predicted molar refractivity (Wildman–Crippen MR) is 166 cm³/mol. The fourth-order valence-electron chi connectivity index (χ4n) is 7.03. The van der Waals surface area contributed by atoms with E-state index in [0.717, 1.165) is 38.5 Å². The van der Waals surface area contributed by atoms with E-state index >= 15 is 0 Å². The highest BCUT2D eigenvalue weighted by Gasteiger charge is 2.51. The molecule has 11 heteroatoms. The highest BCUT2D eigenvalue weighted by Crippen LogP contribution is 2.43. The Morgan fingerprint density at radius 1 is 0.800 bits per heavy atom. The molecule has 45 heavy (non-hydrogen) atoms. The van der Waals surface area contributed by atoms with Crippen molar-refractivity contribution >= 4 is 24.1 Å². The molecule has 0 bridgehead atoms. The molecule has 4 N–H and O–H groups in total. The van der Waals surface area contributed by atoms with Crippen molar-refractivity contribution in [1.82, 2.24) is 9.80 Å². The number of aliphatic carboxylic acids is 2. The molecule has 11 nitrogen and oxygen atoms in total. The molecule has 0 radical (unpaired) electrons. The molecule has 2 aliphatic carbocycles. The quantitative estimate of drug-likeness (QED) is 0.508. The van der Waals surface area contributed by atoms with E-state index in [-0.39, 0.29) is 11.8 Å². The van der Waals surface area contributed by atoms with Crippen molar-refractivity contribution in [3.63, 3.8) is 0 Å². The molecule has 1 aromatic carbocycles. The Kier molecular flexibility index (Phi) is 11.9. The zero-order chi connectivity index (χ0) is 33.7.